The van der Waals surface area contributed by atoms with E-state index in [1.54, 1.807) is 22.9 Å². The van der Waals surface area contributed by atoms with Crippen LogP contribution in [0.25, 0.3) is 0 Å². The molecule has 3 N–H and O–H groups in total. The molecule has 96 valence electrons. The molecule has 0 aliphatic carbocycles. The first-order valence-electron chi connectivity index (χ1n) is 5.51. The number of hydrogen-bond acceptors (Lipinski definition) is 5. The molecule has 0 aliphatic rings. The Bertz CT molecular complexity index is 531. The van der Waals surface area contributed by atoms with Crippen LogP contribution in [0.4, 0.5) is 0 Å². The molecule has 0 saturated carbocycles. The Labute approximate surface area is 114 Å². The number of thiazole rings is 1. The van der Waals surface area contributed by atoms with E-state index in [0.29, 0.717) is 12.1 Å². The first-order valence-corrected chi connectivity index (χ1v) is 7.27. The first-order chi connectivity index (χ1) is 8.49. The smallest absolute Gasteiger partial charge is 0.249 e. The zero-order chi connectivity index (χ0) is 13.2. The summed E-state index contributed by atoms with van der Waals surface area (Å²) in [5, 5.41) is 8.24. The molecule has 2 aromatic heterocycles. The normalized spacial score (nSPS) is 11.7. The second-order valence-corrected chi connectivity index (χ2v) is 6.37. The molecule has 0 fully saturated rings. The van der Waals surface area contributed by atoms with Gasteiger partial charge in [-0.25, -0.2) is 4.98 Å². The standard InChI is InChI=1S/C12H15N3OS2/c1-12(2,11-14-3-4-17-11)15-6-9-5-8(7-18-9)10(13)16/h3-5,7,15H,6H2,1-2H3,(H2,13,16). The van der Waals surface area contributed by atoms with Crippen LogP contribution < -0.4 is 11.1 Å². The fourth-order valence-electron chi connectivity index (χ4n) is 1.52. The molecule has 0 aliphatic heterocycles. The van der Waals surface area contributed by atoms with Crippen molar-refractivity contribution in [1.29, 1.82) is 0 Å². The molecule has 6 heteroatoms. The largest absolute Gasteiger partial charge is 0.366 e. The predicted octanol–water partition coefficient (Wildman–Crippen LogP) is 2.33. The molecule has 2 rings (SSSR count). The van der Waals surface area contributed by atoms with Crippen LogP contribution in [0.5, 0.6) is 0 Å². The van der Waals surface area contributed by atoms with E-state index in [1.165, 1.54) is 11.3 Å². The molecule has 0 atom stereocenters. The minimum Gasteiger partial charge on any atom is -0.366 e. The lowest BCUT2D eigenvalue weighted by Gasteiger charge is -2.23. The van der Waals surface area contributed by atoms with E-state index >= 15 is 0 Å². The van der Waals surface area contributed by atoms with Crippen molar-refractivity contribution in [1.82, 2.24) is 10.3 Å². The van der Waals surface area contributed by atoms with E-state index < -0.39 is 0 Å². The molecular weight excluding hydrogens is 266 g/mol. The van der Waals surface area contributed by atoms with Gasteiger partial charge in [-0.2, -0.15) is 0 Å². The van der Waals surface area contributed by atoms with Crippen molar-refractivity contribution >= 4 is 28.6 Å². The maximum atomic E-state index is 11.0. The molecule has 0 aromatic carbocycles. The summed E-state index contributed by atoms with van der Waals surface area (Å²) < 4.78 is 0. The van der Waals surface area contributed by atoms with E-state index in [-0.39, 0.29) is 11.4 Å². The van der Waals surface area contributed by atoms with Gasteiger partial charge in [-0.05, 0) is 19.9 Å². The van der Waals surface area contributed by atoms with Crippen molar-refractivity contribution in [2.75, 3.05) is 0 Å². The maximum absolute atomic E-state index is 11.0. The Balaban J connectivity index is 2.00. The number of hydrogen-bond donors (Lipinski definition) is 2. The summed E-state index contributed by atoms with van der Waals surface area (Å²) in [5.74, 6) is -0.378. The molecule has 2 aromatic rings. The average Bonchev–Trinajstić information content (AvgIpc) is 2.98. The maximum Gasteiger partial charge on any atom is 0.249 e. The van der Waals surface area contributed by atoms with Crippen molar-refractivity contribution in [2.45, 2.75) is 25.9 Å². The molecule has 1 amide bonds. The van der Waals surface area contributed by atoms with Crippen LogP contribution in [0.2, 0.25) is 0 Å². The van der Waals surface area contributed by atoms with E-state index in [0.717, 1.165) is 9.88 Å². The van der Waals surface area contributed by atoms with Crippen LogP contribution in [0.15, 0.2) is 23.0 Å². The van der Waals surface area contributed by atoms with Gasteiger partial charge in [0.15, 0.2) is 0 Å². The number of primary amides is 1. The fraction of sp³-hybridized carbons (Fsp3) is 0.333. The second-order valence-electron chi connectivity index (χ2n) is 4.48. The number of nitrogens with zero attached hydrogens (tertiary/aromatic N) is 1. The van der Waals surface area contributed by atoms with Crippen LogP contribution in [0.1, 0.15) is 34.1 Å². The number of carbonyl (C=O) groups excluding carboxylic acids is 1. The summed E-state index contributed by atoms with van der Waals surface area (Å²) in [6, 6.07) is 1.83. The van der Waals surface area contributed by atoms with Gasteiger partial charge in [-0.3, -0.25) is 4.79 Å². The van der Waals surface area contributed by atoms with Gasteiger partial charge in [0.1, 0.15) is 5.01 Å². The van der Waals surface area contributed by atoms with Crippen molar-refractivity contribution in [2.24, 2.45) is 5.73 Å². The highest BCUT2D eigenvalue weighted by Gasteiger charge is 2.22. The van der Waals surface area contributed by atoms with Crippen LogP contribution in [-0.2, 0) is 12.1 Å². The number of aromatic nitrogens is 1. The van der Waals surface area contributed by atoms with Crippen molar-refractivity contribution < 1.29 is 4.79 Å². The van der Waals surface area contributed by atoms with Gasteiger partial charge in [0, 0.05) is 28.4 Å². The van der Waals surface area contributed by atoms with Crippen LogP contribution >= 0.6 is 22.7 Å². The van der Waals surface area contributed by atoms with Gasteiger partial charge in [0.25, 0.3) is 0 Å². The number of thiophene rings is 1. The molecular formula is C12H15N3OS2. The lowest BCUT2D eigenvalue weighted by Crippen LogP contribution is -2.35. The summed E-state index contributed by atoms with van der Waals surface area (Å²) in [6.45, 7) is 4.88. The second kappa shape index (κ2) is 5.17. The quantitative estimate of drug-likeness (QED) is 0.884. The third-order valence-corrected chi connectivity index (χ3v) is 4.64. The summed E-state index contributed by atoms with van der Waals surface area (Å²) in [5.41, 5.74) is 5.62. The molecule has 0 saturated heterocycles. The van der Waals surface area contributed by atoms with E-state index in [4.69, 9.17) is 5.73 Å². The number of nitrogens with one attached hydrogen (secondary N) is 1. The summed E-state index contributed by atoms with van der Waals surface area (Å²) in [6.07, 6.45) is 1.81. The zero-order valence-corrected chi connectivity index (χ0v) is 11.9. The van der Waals surface area contributed by atoms with Crippen molar-refractivity contribution in [3.05, 3.63) is 38.5 Å². The van der Waals surface area contributed by atoms with Gasteiger partial charge in [-0.1, -0.05) is 0 Å². The Morgan fingerprint density at radius 1 is 1.50 bits per heavy atom. The predicted molar refractivity (Wildman–Crippen MR) is 74.8 cm³/mol. The molecule has 0 bridgehead atoms. The summed E-state index contributed by atoms with van der Waals surface area (Å²) in [4.78, 5) is 16.4. The number of carbonyl (C=O) groups is 1. The SMILES string of the molecule is CC(C)(NCc1cc(C(N)=O)cs1)c1nccs1. The summed E-state index contributed by atoms with van der Waals surface area (Å²) in [7, 11) is 0. The lowest BCUT2D eigenvalue weighted by molar-refractivity contribution is 0.100. The Morgan fingerprint density at radius 2 is 2.28 bits per heavy atom. The minimum atomic E-state index is -0.378. The van der Waals surface area contributed by atoms with Crippen molar-refractivity contribution in [3.8, 4) is 0 Å². The molecule has 4 nitrogen and oxygen atoms in total. The third-order valence-electron chi connectivity index (χ3n) is 2.61. The molecule has 18 heavy (non-hydrogen) atoms. The van der Waals surface area contributed by atoms with Gasteiger partial charge in [-0.15, -0.1) is 22.7 Å². The van der Waals surface area contributed by atoms with Gasteiger partial charge in [0.05, 0.1) is 11.1 Å². The van der Waals surface area contributed by atoms with E-state index in [2.05, 4.69) is 24.1 Å². The number of rotatable bonds is 5. The highest BCUT2D eigenvalue weighted by atomic mass is 32.1. The highest BCUT2D eigenvalue weighted by Crippen LogP contribution is 2.23. The van der Waals surface area contributed by atoms with Crippen LogP contribution in [0, 0.1) is 0 Å². The van der Waals surface area contributed by atoms with E-state index in [9.17, 15) is 4.79 Å². The van der Waals surface area contributed by atoms with Gasteiger partial charge >= 0.3 is 0 Å². The Hall–Kier alpha value is -1.24. The summed E-state index contributed by atoms with van der Waals surface area (Å²) >= 11 is 3.17. The zero-order valence-electron chi connectivity index (χ0n) is 10.3. The third kappa shape index (κ3) is 2.95. The Morgan fingerprint density at radius 3 is 2.83 bits per heavy atom. The fourth-order valence-corrected chi connectivity index (χ4v) is 3.07. The average molecular weight is 281 g/mol. The van der Waals surface area contributed by atoms with Crippen LogP contribution in [-0.4, -0.2) is 10.9 Å². The first kappa shape index (κ1) is 13.2. The lowest BCUT2D eigenvalue weighted by atomic mass is 10.1. The topological polar surface area (TPSA) is 68.0 Å². The molecule has 0 unspecified atom stereocenters. The van der Waals surface area contributed by atoms with Crippen molar-refractivity contribution in [3.63, 3.8) is 0 Å². The van der Waals surface area contributed by atoms with Gasteiger partial charge < -0.3 is 11.1 Å². The van der Waals surface area contributed by atoms with Crippen LogP contribution in [0.3, 0.4) is 0 Å². The molecule has 0 spiro atoms. The van der Waals surface area contributed by atoms with E-state index in [1.807, 2.05) is 11.4 Å². The molecule has 2 heterocycles. The monoisotopic (exact) mass is 281 g/mol. The molecule has 0 radical (unpaired) electrons. The number of nitrogens with two attached hydrogens (primary N) is 1. The minimum absolute atomic E-state index is 0.176. The highest BCUT2D eigenvalue weighted by molar-refractivity contribution is 7.10. The Kier molecular flexibility index (Phi) is 3.79. The van der Waals surface area contributed by atoms with Gasteiger partial charge in [0.2, 0.25) is 5.91 Å². The number of amides is 1.